The summed E-state index contributed by atoms with van der Waals surface area (Å²) in [6, 6.07) is 27.8. The smallest absolute Gasteiger partial charge is 0.408 e. The molecule has 2 N–H and O–H groups in total. The van der Waals surface area contributed by atoms with Crippen LogP contribution in [0, 0.1) is 34.0 Å². The molecule has 158 valence electrons. The van der Waals surface area contributed by atoms with E-state index in [1.54, 1.807) is 42.5 Å². The second kappa shape index (κ2) is 9.39. The summed E-state index contributed by atoms with van der Waals surface area (Å²) in [5, 5.41) is 32.5. The van der Waals surface area contributed by atoms with Crippen molar-refractivity contribution in [3.8, 4) is 29.3 Å². The first-order valence-electron chi connectivity index (χ1n) is 10.1. The van der Waals surface area contributed by atoms with Crippen LogP contribution in [0.3, 0.4) is 0 Å². The Morgan fingerprint density at radius 2 is 1.39 bits per heavy atom. The highest BCUT2D eigenvalue weighted by Crippen LogP contribution is 2.44. The molecule has 0 aromatic heterocycles. The summed E-state index contributed by atoms with van der Waals surface area (Å²) in [5.41, 5.74) is 4.99. The topological polar surface area (TPSA) is 122 Å². The second-order valence-electron chi connectivity index (χ2n) is 7.22. The number of amides is 1. The van der Waals surface area contributed by atoms with E-state index in [1.807, 2.05) is 48.5 Å². The van der Waals surface area contributed by atoms with E-state index < -0.39 is 12.2 Å². The van der Waals surface area contributed by atoms with Crippen molar-refractivity contribution >= 4 is 11.8 Å². The van der Waals surface area contributed by atoms with Gasteiger partial charge in [-0.15, -0.1) is 0 Å². The van der Waals surface area contributed by atoms with Gasteiger partial charge in [-0.2, -0.15) is 15.8 Å². The summed E-state index contributed by atoms with van der Waals surface area (Å²) in [7, 11) is 0. The number of benzene rings is 3. The molecule has 1 amide bonds. The third-order valence-corrected chi connectivity index (χ3v) is 5.25. The van der Waals surface area contributed by atoms with Crippen LogP contribution in [0.1, 0.15) is 22.8 Å². The number of carbonyl (C=O) groups is 1. The quantitative estimate of drug-likeness (QED) is 0.553. The van der Waals surface area contributed by atoms with E-state index in [-0.39, 0.29) is 17.8 Å². The van der Waals surface area contributed by atoms with Crippen LogP contribution in [-0.4, -0.2) is 6.09 Å². The molecule has 4 rings (SSSR count). The lowest BCUT2D eigenvalue weighted by atomic mass is 10.1. The molecule has 7 nitrogen and oxygen atoms in total. The van der Waals surface area contributed by atoms with Gasteiger partial charge >= 0.3 is 6.09 Å². The number of fused-ring (bicyclic) bond motifs is 3. The van der Waals surface area contributed by atoms with Gasteiger partial charge < -0.3 is 15.4 Å². The Bertz CT molecular complexity index is 1310. The highest BCUT2D eigenvalue weighted by atomic mass is 16.6. The number of nitrogens with one attached hydrogen (secondary N) is 2. The van der Waals surface area contributed by atoms with Crippen molar-refractivity contribution in [2.75, 3.05) is 5.32 Å². The Labute approximate surface area is 190 Å². The zero-order valence-corrected chi connectivity index (χ0v) is 17.4. The maximum Gasteiger partial charge on any atom is 0.408 e. The van der Waals surface area contributed by atoms with E-state index in [0.29, 0.717) is 5.69 Å². The van der Waals surface area contributed by atoms with Crippen molar-refractivity contribution in [2.24, 2.45) is 0 Å². The van der Waals surface area contributed by atoms with Crippen molar-refractivity contribution in [1.29, 1.82) is 15.8 Å². The molecule has 0 unspecified atom stereocenters. The van der Waals surface area contributed by atoms with E-state index in [9.17, 15) is 4.79 Å². The SMILES string of the molecule is N#CC(C#N)=C(C#N)Nc1ccc(CNC(=O)OC2c3ccccc3-c3ccccc32)cc1. The molecule has 0 saturated carbocycles. The molecule has 3 aromatic carbocycles. The van der Waals surface area contributed by atoms with Crippen LogP contribution in [0.15, 0.2) is 84.1 Å². The van der Waals surface area contributed by atoms with Crippen LogP contribution in [-0.2, 0) is 11.3 Å². The molecule has 0 radical (unpaired) electrons. The lowest BCUT2D eigenvalue weighted by Gasteiger charge is -2.16. The van der Waals surface area contributed by atoms with Crippen LogP contribution in [0.5, 0.6) is 0 Å². The average Bonchev–Trinajstić information content (AvgIpc) is 3.17. The minimum atomic E-state index is -0.531. The highest BCUT2D eigenvalue weighted by molar-refractivity contribution is 5.79. The maximum atomic E-state index is 12.5. The number of ether oxygens (including phenoxy) is 1. The van der Waals surface area contributed by atoms with E-state index in [0.717, 1.165) is 27.8 Å². The molecular weight excluding hydrogens is 414 g/mol. The number of allylic oxidation sites excluding steroid dienone is 2. The normalized spacial score (nSPS) is 11.1. The van der Waals surface area contributed by atoms with Gasteiger partial charge in [-0.25, -0.2) is 4.79 Å². The zero-order chi connectivity index (χ0) is 23.2. The number of anilines is 1. The molecule has 0 fully saturated rings. The zero-order valence-electron chi connectivity index (χ0n) is 17.4. The molecule has 1 aliphatic rings. The van der Waals surface area contributed by atoms with Crippen LogP contribution < -0.4 is 10.6 Å². The first-order valence-corrected chi connectivity index (χ1v) is 10.1. The van der Waals surface area contributed by atoms with Gasteiger partial charge in [0.25, 0.3) is 0 Å². The fraction of sp³-hybridized carbons (Fsp3) is 0.0769. The summed E-state index contributed by atoms with van der Waals surface area (Å²) < 4.78 is 5.76. The van der Waals surface area contributed by atoms with Gasteiger partial charge in [0.15, 0.2) is 11.7 Å². The fourth-order valence-electron chi connectivity index (χ4n) is 3.69. The number of hydrogen-bond acceptors (Lipinski definition) is 6. The van der Waals surface area contributed by atoms with Crippen molar-refractivity contribution < 1.29 is 9.53 Å². The molecule has 0 spiro atoms. The fourth-order valence-corrected chi connectivity index (χ4v) is 3.69. The van der Waals surface area contributed by atoms with Crippen LogP contribution in [0.2, 0.25) is 0 Å². The van der Waals surface area contributed by atoms with E-state index in [4.69, 9.17) is 20.5 Å². The van der Waals surface area contributed by atoms with Crippen LogP contribution in [0.4, 0.5) is 10.5 Å². The molecule has 3 aromatic rings. The first-order chi connectivity index (χ1) is 16.1. The third kappa shape index (κ3) is 4.37. The Hall–Kier alpha value is -5.06. The summed E-state index contributed by atoms with van der Waals surface area (Å²) in [6.45, 7) is 0.248. The summed E-state index contributed by atoms with van der Waals surface area (Å²) in [5.74, 6) is 0. The van der Waals surface area contributed by atoms with Crippen LogP contribution >= 0.6 is 0 Å². The summed E-state index contributed by atoms with van der Waals surface area (Å²) in [6.07, 6.45) is -0.995. The Morgan fingerprint density at radius 3 is 1.94 bits per heavy atom. The van der Waals surface area contributed by atoms with E-state index in [1.165, 1.54) is 0 Å². The minimum Gasteiger partial charge on any atom is -0.436 e. The molecular formula is C26H17N5O2. The van der Waals surface area contributed by atoms with Crippen molar-refractivity contribution in [1.82, 2.24) is 5.32 Å². The molecule has 0 saturated heterocycles. The Morgan fingerprint density at radius 1 is 0.818 bits per heavy atom. The number of alkyl carbamates (subject to hydrolysis) is 1. The molecule has 0 heterocycles. The average molecular weight is 431 g/mol. The number of hydrogen-bond donors (Lipinski definition) is 2. The maximum absolute atomic E-state index is 12.5. The van der Waals surface area contributed by atoms with Gasteiger partial charge in [-0.05, 0) is 28.8 Å². The summed E-state index contributed by atoms with van der Waals surface area (Å²) >= 11 is 0. The lowest BCUT2D eigenvalue weighted by molar-refractivity contribution is 0.118. The van der Waals surface area contributed by atoms with Gasteiger partial charge in [0.1, 0.15) is 23.9 Å². The molecule has 1 aliphatic carbocycles. The molecule has 0 aliphatic heterocycles. The molecule has 0 atom stereocenters. The van der Waals surface area contributed by atoms with Gasteiger partial charge in [0.05, 0.1) is 0 Å². The minimum absolute atomic E-state index is 0.119. The van der Waals surface area contributed by atoms with Crippen molar-refractivity contribution in [3.05, 3.63) is 101 Å². The monoisotopic (exact) mass is 431 g/mol. The largest absolute Gasteiger partial charge is 0.436 e. The van der Waals surface area contributed by atoms with Gasteiger partial charge in [0.2, 0.25) is 0 Å². The predicted molar refractivity (Wildman–Crippen MR) is 121 cm³/mol. The number of carbonyl (C=O) groups excluding carboxylic acids is 1. The standard InChI is InChI=1S/C26H17N5O2/c27-13-18(14-28)24(15-29)31-19-11-9-17(10-12-19)16-30-26(32)33-25-22-7-3-1-5-20(22)21-6-2-4-8-23(21)25/h1-12,25,31H,16H2,(H,30,32). The van der Waals surface area contributed by atoms with Gasteiger partial charge in [-0.1, -0.05) is 60.7 Å². The Kier molecular flexibility index (Phi) is 6.03. The van der Waals surface area contributed by atoms with E-state index in [2.05, 4.69) is 10.6 Å². The van der Waals surface area contributed by atoms with Crippen molar-refractivity contribution in [2.45, 2.75) is 12.6 Å². The summed E-state index contributed by atoms with van der Waals surface area (Å²) in [4.78, 5) is 12.5. The van der Waals surface area contributed by atoms with Gasteiger partial charge in [0, 0.05) is 23.4 Å². The number of rotatable bonds is 5. The van der Waals surface area contributed by atoms with E-state index >= 15 is 0 Å². The molecule has 33 heavy (non-hydrogen) atoms. The lowest BCUT2D eigenvalue weighted by Crippen LogP contribution is -2.25. The highest BCUT2D eigenvalue weighted by Gasteiger charge is 2.30. The number of nitrogens with zero attached hydrogens (tertiary/aromatic N) is 3. The second-order valence-corrected chi connectivity index (χ2v) is 7.22. The third-order valence-electron chi connectivity index (χ3n) is 5.25. The van der Waals surface area contributed by atoms with Gasteiger partial charge in [-0.3, -0.25) is 0 Å². The predicted octanol–water partition coefficient (Wildman–Crippen LogP) is 4.92. The first kappa shape index (κ1) is 21.2. The molecule has 7 heteroatoms. The molecule has 0 bridgehead atoms. The van der Waals surface area contributed by atoms with Crippen molar-refractivity contribution in [3.63, 3.8) is 0 Å². The van der Waals surface area contributed by atoms with Crippen LogP contribution in [0.25, 0.3) is 11.1 Å². The Balaban J connectivity index is 1.39. The number of nitriles is 3.